The molecule has 1 atom stereocenters. The lowest BCUT2D eigenvalue weighted by Gasteiger charge is -2.26. The second-order valence-corrected chi connectivity index (χ2v) is 6.55. The van der Waals surface area contributed by atoms with Crippen LogP contribution in [0.4, 0.5) is 0 Å². The van der Waals surface area contributed by atoms with Gasteiger partial charge in [0.15, 0.2) is 0 Å². The molecule has 0 aliphatic rings. The van der Waals surface area contributed by atoms with Crippen molar-refractivity contribution < 1.29 is 14.3 Å². The van der Waals surface area contributed by atoms with Gasteiger partial charge in [0.25, 0.3) is 0 Å². The van der Waals surface area contributed by atoms with Crippen molar-refractivity contribution in [3.8, 4) is 5.75 Å². The number of nitrogens with two attached hydrogens (primary N) is 1. The van der Waals surface area contributed by atoms with Gasteiger partial charge in [0, 0.05) is 15.2 Å². The summed E-state index contributed by atoms with van der Waals surface area (Å²) in [6.45, 7) is 5.89. The molecule has 2 N–H and O–H groups in total. The van der Waals surface area contributed by atoms with E-state index in [1.165, 1.54) is 0 Å². The Balaban J connectivity index is 2.93. The lowest BCUT2D eigenvalue weighted by molar-refractivity contribution is -0.154. The Hall–Kier alpha value is -0.820. The molecule has 0 aliphatic carbocycles. The lowest BCUT2D eigenvalue weighted by Crippen LogP contribution is -2.31. The number of halogens is 1. The highest BCUT2D eigenvalue weighted by molar-refractivity contribution is 14.1. The molecule has 0 saturated heterocycles. The molecule has 1 aromatic carbocycles. The van der Waals surface area contributed by atoms with Gasteiger partial charge in [-0.25, -0.2) is 0 Å². The molecule has 1 unspecified atom stereocenters. The smallest absolute Gasteiger partial charge is 0.311 e. The molecule has 0 spiro atoms. The fraction of sp³-hybridized carbons (Fsp3) is 0.533. The molecule has 0 radical (unpaired) electrons. The summed E-state index contributed by atoms with van der Waals surface area (Å²) in [6.07, 6.45) is 0.502. The number of carbonyl (C=O) groups is 1. The Morgan fingerprint density at radius 3 is 2.65 bits per heavy atom. The van der Waals surface area contributed by atoms with Crippen LogP contribution in [0.2, 0.25) is 0 Å². The van der Waals surface area contributed by atoms with Crippen molar-refractivity contribution in [2.75, 3.05) is 13.7 Å². The van der Waals surface area contributed by atoms with E-state index in [0.717, 1.165) is 14.9 Å². The molecule has 0 aromatic heterocycles. The first-order valence-corrected chi connectivity index (χ1v) is 7.66. The Bertz CT molecular complexity index is 474. The highest BCUT2D eigenvalue weighted by Gasteiger charge is 2.32. The molecular formula is C15H22INO3. The number of hydrogen-bond donors (Lipinski definition) is 1. The van der Waals surface area contributed by atoms with E-state index in [4.69, 9.17) is 15.2 Å². The van der Waals surface area contributed by atoms with E-state index in [0.29, 0.717) is 13.0 Å². The van der Waals surface area contributed by atoms with Crippen LogP contribution in [0.15, 0.2) is 18.2 Å². The Morgan fingerprint density at radius 1 is 1.45 bits per heavy atom. The van der Waals surface area contributed by atoms with Gasteiger partial charge in [-0.15, -0.1) is 0 Å². The van der Waals surface area contributed by atoms with Gasteiger partial charge in [0.1, 0.15) is 5.75 Å². The standard InChI is InChI=1S/C15H22INO3/c1-5-20-14(18)15(2,3)9-12(17)11-8-10(16)6-7-13(11)19-4/h6-8,12H,5,9,17H2,1-4H3. The van der Waals surface area contributed by atoms with Crippen LogP contribution in [0, 0.1) is 8.99 Å². The molecule has 0 amide bonds. The molecule has 0 bridgehead atoms. The van der Waals surface area contributed by atoms with E-state index in [1.54, 1.807) is 14.0 Å². The van der Waals surface area contributed by atoms with Gasteiger partial charge < -0.3 is 15.2 Å². The maximum Gasteiger partial charge on any atom is 0.311 e. The molecular weight excluding hydrogens is 369 g/mol. The van der Waals surface area contributed by atoms with Crippen molar-refractivity contribution in [1.82, 2.24) is 0 Å². The molecule has 112 valence electrons. The van der Waals surface area contributed by atoms with Crippen LogP contribution in [0.1, 0.15) is 38.8 Å². The second kappa shape index (κ2) is 7.26. The molecule has 20 heavy (non-hydrogen) atoms. The summed E-state index contributed by atoms with van der Waals surface area (Å²) in [5.74, 6) is 0.526. The van der Waals surface area contributed by atoms with Crippen LogP contribution in [0.25, 0.3) is 0 Å². The van der Waals surface area contributed by atoms with Gasteiger partial charge in [-0.05, 0) is 68.0 Å². The molecule has 4 nitrogen and oxygen atoms in total. The summed E-state index contributed by atoms with van der Waals surface area (Å²) >= 11 is 2.23. The largest absolute Gasteiger partial charge is 0.496 e. The molecule has 5 heteroatoms. The fourth-order valence-electron chi connectivity index (χ4n) is 2.06. The minimum atomic E-state index is -0.623. The van der Waals surface area contributed by atoms with Gasteiger partial charge in [0.05, 0.1) is 19.1 Å². The van der Waals surface area contributed by atoms with Gasteiger partial charge in [0.2, 0.25) is 0 Å². The van der Waals surface area contributed by atoms with Crippen molar-refractivity contribution in [3.05, 3.63) is 27.3 Å². The summed E-state index contributed by atoms with van der Waals surface area (Å²) in [5, 5.41) is 0. The van der Waals surface area contributed by atoms with Crippen LogP contribution in [-0.2, 0) is 9.53 Å². The minimum absolute atomic E-state index is 0.222. The normalized spacial score (nSPS) is 12.9. The molecule has 0 fully saturated rings. The Morgan fingerprint density at radius 2 is 2.10 bits per heavy atom. The monoisotopic (exact) mass is 391 g/mol. The fourth-order valence-corrected chi connectivity index (χ4v) is 2.58. The zero-order chi connectivity index (χ0) is 15.3. The van der Waals surface area contributed by atoms with Crippen molar-refractivity contribution in [2.24, 2.45) is 11.1 Å². The summed E-state index contributed by atoms with van der Waals surface area (Å²) in [6, 6.07) is 5.57. The van der Waals surface area contributed by atoms with Crippen LogP contribution >= 0.6 is 22.6 Å². The molecule has 1 aromatic rings. The summed E-state index contributed by atoms with van der Waals surface area (Å²) < 4.78 is 11.5. The van der Waals surface area contributed by atoms with Gasteiger partial charge in [-0.3, -0.25) is 4.79 Å². The van der Waals surface area contributed by atoms with Crippen molar-refractivity contribution >= 4 is 28.6 Å². The SMILES string of the molecule is CCOC(=O)C(C)(C)CC(N)c1cc(I)ccc1OC. The maximum atomic E-state index is 11.9. The van der Waals surface area contributed by atoms with Gasteiger partial charge >= 0.3 is 5.97 Å². The van der Waals surface area contributed by atoms with Crippen LogP contribution in [0.5, 0.6) is 5.75 Å². The third kappa shape index (κ3) is 4.34. The van der Waals surface area contributed by atoms with Crippen molar-refractivity contribution in [2.45, 2.75) is 33.2 Å². The average molecular weight is 391 g/mol. The molecule has 1 rings (SSSR count). The number of ether oxygens (including phenoxy) is 2. The third-order valence-corrected chi connectivity index (χ3v) is 3.82. The second-order valence-electron chi connectivity index (χ2n) is 5.30. The molecule has 0 heterocycles. The summed E-state index contributed by atoms with van der Waals surface area (Å²) in [4.78, 5) is 11.9. The number of rotatable bonds is 6. The number of methoxy groups -OCH3 is 1. The third-order valence-electron chi connectivity index (χ3n) is 3.15. The number of carbonyl (C=O) groups excluding carboxylic acids is 1. The summed E-state index contributed by atoms with van der Waals surface area (Å²) in [5.41, 5.74) is 6.56. The van der Waals surface area contributed by atoms with Gasteiger partial charge in [-0.2, -0.15) is 0 Å². The molecule has 0 saturated carbocycles. The van der Waals surface area contributed by atoms with Crippen LogP contribution < -0.4 is 10.5 Å². The minimum Gasteiger partial charge on any atom is -0.496 e. The first kappa shape index (κ1) is 17.2. The zero-order valence-corrected chi connectivity index (χ0v) is 14.6. The van der Waals surface area contributed by atoms with E-state index in [-0.39, 0.29) is 12.0 Å². The Labute approximate surface area is 134 Å². The maximum absolute atomic E-state index is 11.9. The van der Waals surface area contributed by atoms with E-state index in [2.05, 4.69) is 22.6 Å². The van der Waals surface area contributed by atoms with E-state index < -0.39 is 5.41 Å². The summed E-state index contributed by atoms with van der Waals surface area (Å²) in [7, 11) is 1.62. The molecule has 0 aliphatic heterocycles. The van der Waals surface area contributed by atoms with Gasteiger partial charge in [-0.1, -0.05) is 0 Å². The quantitative estimate of drug-likeness (QED) is 0.597. The van der Waals surface area contributed by atoms with Crippen LogP contribution in [-0.4, -0.2) is 19.7 Å². The predicted octanol–water partition coefficient (Wildman–Crippen LogP) is 3.28. The van der Waals surface area contributed by atoms with Crippen molar-refractivity contribution in [1.29, 1.82) is 0 Å². The first-order valence-electron chi connectivity index (χ1n) is 6.58. The zero-order valence-electron chi connectivity index (χ0n) is 12.4. The first-order chi connectivity index (χ1) is 9.31. The number of benzene rings is 1. The highest BCUT2D eigenvalue weighted by atomic mass is 127. The topological polar surface area (TPSA) is 61.5 Å². The van der Waals surface area contributed by atoms with Crippen LogP contribution in [0.3, 0.4) is 0 Å². The lowest BCUT2D eigenvalue weighted by atomic mass is 9.83. The predicted molar refractivity (Wildman–Crippen MR) is 87.7 cm³/mol. The number of hydrogen-bond acceptors (Lipinski definition) is 4. The average Bonchev–Trinajstić information content (AvgIpc) is 2.38. The van der Waals surface area contributed by atoms with E-state index in [9.17, 15) is 4.79 Å². The highest BCUT2D eigenvalue weighted by Crippen LogP contribution is 2.34. The van der Waals surface area contributed by atoms with E-state index >= 15 is 0 Å². The number of esters is 1. The van der Waals surface area contributed by atoms with E-state index in [1.807, 2.05) is 32.0 Å². The Kier molecular flexibility index (Phi) is 6.26. The van der Waals surface area contributed by atoms with Crippen molar-refractivity contribution in [3.63, 3.8) is 0 Å².